The molecule has 2 fully saturated rings. The highest BCUT2D eigenvalue weighted by Gasteiger charge is 2.43. The van der Waals surface area contributed by atoms with Crippen molar-refractivity contribution >= 4 is 34.7 Å². The predicted molar refractivity (Wildman–Crippen MR) is 150 cm³/mol. The number of likely N-dealkylation sites (tertiary alicyclic amines) is 1. The van der Waals surface area contributed by atoms with Crippen molar-refractivity contribution < 1.29 is 19.1 Å². The first-order chi connectivity index (χ1) is 18.2. The number of hydrogen-bond donors (Lipinski definition) is 2. The zero-order valence-electron chi connectivity index (χ0n) is 22.8. The molecule has 9 nitrogen and oxygen atoms in total. The first-order valence-electron chi connectivity index (χ1n) is 13.9. The van der Waals surface area contributed by atoms with Crippen molar-refractivity contribution in [3.8, 4) is 0 Å². The summed E-state index contributed by atoms with van der Waals surface area (Å²) >= 11 is 1.51. The molecular weight excluding hydrogens is 502 g/mol. The van der Waals surface area contributed by atoms with Crippen LogP contribution in [-0.4, -0.2) is 70.1 Å². The summed E-state index contributed by atoms with van der Waals surface area (Å²) in [5.74, 6) is -0.0463. The Kier molecular flexibility index (Phi) is 9.70. The average molecular weight is 544 g/mol. The molecule has 38 heavy (non-hydrogen) atoms. The third-order valence-electron chi connectivity index (χ3n) is 7.45. The fourth-order valence-electron chi connectivity index (χ4n) is 5.09. The Bertz CT molecular complexity index is 1000. The van der Waals surface area contributed by atoms with E-state index in [1.54, 1.807) is 12.1 Å². The molecule has 1 unspecified atom stereocenters. The first kappa shape index (κ1) is 28.4. The molecule has 0 radical (unpaired) electrons. The summed E-state index contributed by atoms with van der Waals surface area (Å²) in [4.78, 5) is 42.2. The summed E-state index contributed by atoms with van der Waals surface area (Å²) in [6.45, 7) is 6.12. The van der Waals surface area contributed by atoms with E-state index in [4.69, 9.17) is 4.74 Å². The van der Waals surface area contributed by atoms with E-state index in [2.05, 4.69) is 41.5 Å². The van der Waals surface area contributed by atoms with Crippen LogP contribution in [0.1, 0.15) is 82.0 Å². The van der Waals surface area contributed by atoms with Gasteiger partial charge in [0.25, 0.3) is 17.4 Å². The van der Waals surface area contributed by atoms with Gasteiger partial charge in [-0.1, -0.05) is 50.2 Å². The van der Waals surface area contributed by atoms with Gasteiger partial charge in [-0.05, 0) is 83.1 Å². The molecule has 2 aliphatic heterocycles. The highest BCUT2D eigenvalue weighted by molar-refractivity contribution is 8.14. The van der Waals surface area contributed by atoms with E-state index in [-0.39, 0.29) is 11.7 Å². The van der Waals surface area contributed by atoms with Gasteiger partial charge in [0, 0.05) is 17.2 Å². The SMILES string of the molecule is CC(C)CCC(=O)C1OC(SC2CCN(C)CC2)=NN1C(=O)NC1(NC(=O)c2ccccc2)CCCCC1. The molecule has 1 atom stereocenters. The number of nitrogens with one attached hydrogen (secondary N) is 2. The van der Waals surface area contributed by atoms with Gasteiger partial charge < -0.3 is 20.3 Å². The van der Waals surface area contributed by atoms with Gasteiger partial charge in [-0.25, -0.2) is 4.79 Å². The largest absolute Gasteiger partial charge is 0.438 e. The van der Waals surface area contributed by atoms with E-state index in [1.807, 2.05) is 18.2 Å². The Labute approximate surface area is 230 Å². The number of Topliss-reactive ketones (excluding diaryl/α,β-unsaturated/α-hetero) is 1. The lowest BCUT2D eigenvalue weighted by Gasteiger charge is -2.39. The monoisotopic (exact) mass is 543 g/mol. The van der Waals surface area contributed by atoms with E-state index in [0.29, 0.717) is 47.6 Å². The van der Waals surface area contributed by atoms with E-state index in [9.17, 15) is 14.4 Å². The smallest absolute Gasteiger partial charge is 0.343 e. The minimum Gasteiger partial charge on any atom is -0.438 e. The Morgan fingerprint density at radius 2 is 1.76 bits per heavy atom. The third-order valence-corrected chi connectivity index (χ3v) is 8.63. The number of hydrogen-bond acceptors (Lipinski definition) is 7. The Hall–Kier alpha value is -2.59. The van der Waals surface area contributed by atoms with E-state index >= 15 is 0 Å². The Balaban J connectivity index is 1.50. The van der Waals surface area contributed by atoms with Gasteiger partial charge in [-0.3, -0.25) is 9.59 Å². The van der Waals surface area contributed by atoms with E-state index in [0.717, 1.165) is 50.2 Å². The number of ketones is 1. The molecular formula is C28H41N5O4S. The number of amides is 3. The second-order valence-corrected chi connectivity index (χ2v) is 12.3. The molecule has 10 heteroatoms. The van der Waals surface area contributed by atoms with Gasteiger partial charge in [-0.15, -0.1) is 5.10 Å². The predicted octanol–water partition coefficient (Wildman–Crippen LogP) is 4.55. The van der Waals surface area contributed by atoms with Crippen molar-refractivity contribution in [2.75, 3.05) is 20.1 Å². The molecule has 3 aliphatic rings. The van der Waals surface area contributed by atoms with Crippen LogP contribution in [0, 0.1) is 5.92 Å². The van der Waals surface area contributed by atoms with Crippen molar-refractivity contribution in [2.45, 2.75) is 88.8 Å². The zero-order valence-corrected chi connectivity index (χ0v) is 23.6. The lowest BCUT2D eigenvalue weighted by atomic mass is 9.88. The van der Waals surface area contributed by atoms with E-state index < -0.39 is 17.9 Å². The van der Waals surface area contributed by atoms with Gasteiger partial charge in [0.2, 0.25) is 0 Å². The number of rotatable bonds is 8. The quantitative estimate of drug-likeness (QED) is 0.467. The third kappa shape index (κ3) is 7.50. The molecule has 1 saturated carbocycles. The number of nitrogens with zero attached hydrogens (tertiary/aromatic N) is 3. The number of benzene rings is 1. The van der Waals surface area contributed by atoms with Gasteiger partial charge in [-0.2, -0.15) is 5.01 Å². The second kappa shape index (κ2) is 13.0. The Morgan fingerprint density at radius 1 is 1.08 bits per heavy atom. The molecule has 2 N–H and O–H groups in total. The number of urea groups is 1. The molecule has 1 aromatic carbocycles. The molecule has 4 rings (SSSR count). The number of carbonyl (C=O) groups excluding carboxylic acids is 3. The molecule has 0 spiro atoms. The molecule has 3 amide bonds. The van der Waals surface area contributed by atoms with Crippen LogP contribution in [0.4, 0.5) is 4.79 Å². The van der Waals surface area contributed by atoms with E-state index in [1.165, 1.54) is 11.8 Å². The highest BCUT2D eigenvalue weighted by atomic mass is 32.2. The van der Waals surface area contributed by atoms with Crippen LogP contribution < -0.4 is 10.6 Å². The number of piperidine rings is 1. The molecule has 1 saturated heterocycles. The maximum absolute atomic E-state index is 13.7. The van der Waals surface area contributed by atoms with Crippen LogP contribution in [0.5, 0.6) is 0 Å². The maximum atomic E-state index is 13.7. The molecule has 0 aromatic heterocycles. The normalized spacial score (nSPS) is 22.1. The lowest BCUT2D eigenvalue weighted by molar-refractivity contribution is -0.131. The van der Waals surface area contributed by atoms with Gasteiger partial charge in [0.1, 0.15) is 5.66 Å². The molecule has 1 aliphatic carbocycles. The van der Waals surface area contributed by atoms with Crippen LogP contribution in [0.3, 0.4) is 0 Å². The van der Waals surface area contributed by atoms with Crippen molar-refractivity contribution in [3.05, 3.63) is 35.9 Å². The summed E-state index contributed by atoms with van der Waals surface area (Å²) < 4.78 is 6.02. The number of thioether (sulfide) groups is 1. The fraction of sp³-hybridized carbons (Fsp3) is 0.643. The summed E-state index contributed by atoms with van der Waals surface area (Å²) in [7, 11) is 2.11. The second-order valence-electron chi connectivity index (χ2n) is 11.1. The molecule has 0 bridgehead atoms. The topological polar surface area (TPSA) is 103 Å². The van der Waals surface area contributed by atoms with Crippen LogP contribution in [0.25, 0.3) is 0 Å². The van der Waals surface area contributed by atoms with Crippen LogP contribution in [-0.2, 0) is 9.53 Å². The van der Waals surface area contributed by atoms with Crippen molar-refractivity contribution in [2.24, 2.45) is 11.0 Å². The summed E-state index contributed by atoms with van der Waals surface area (Å²) in [5, 5.41) is 12.5. The van der Waals surface area contributed by atoms with Crippen LogP contribution >= 0.6 is 11.8 Å². The van der Waals surface area contributed by atoms with Gasteiger partial charge in [0.15, 0.2) is 5.78 Å². The summed E-state index contributed by atoms with van der Waals surface area (Å²) in [5.41, 5.74) is -0.375. The molecule has 2 heterocycles. The van der Waals surface area contributed by atoms with Crippen LogP contribution in [0.15, 0.2) is 35.4 Å². The molecule has 1 aromatic rings. The summed E-state index contributed by atoms with van der Waals surface area (Å²) in [6.07, 6.45) is 5.94. The lowest BCUT2D eigenvalue weighted by Crippen LogP contribution is -2.64. The van der Waals surface area contributed by atoms with Crippen molar-refractivity contribution in [1.29, 1.82) is 0 Å². The standard InChI is InChI=1S/C28H41N5O4S/c1-20(2)12-13-23(34)25-33(31-27(37-25)38-22-14-18-32(3)19-15-22)26(36)30-28(16-8-5-9-17-28)29-24(35)21-10-6-4-7-11-21/h4,6-7,10-11,20,22,25H,5,8-9,12-19H2,1-3H3,(H,29,35)(H,30,36). The average Bonchev–Trinajstić information content (AvgIpc) is 3.33. The van der Waals surface area contributed by atoms with Crippen LogP contribution in [0.2, 0.25) is 0 Å². The number of carbonyl (C=O) groups is 3. The maximum Gasteiger partial charge on any atom is 0.343 e. The summed E-state index contributed by atoms with van der Waals surface area (Å²) in [6, 6.07) is 8.47. The number of ether oxygens (including phenoxy) is 1. The van der Waals surface area contributed by atoms with Gasteiger partial charge >= 0.3 is 6.03 Å². The minimum absolute atomic E-state index is 0.164. The highest BCUT2D eigenvalue weighted by Crippen LogP contribution is 2.31. The number of hydrazone groups is 1. The van der Waals surface area contributed by atoms with Crippen molar-refractivity contribution in [3.63, 3.8) is 0 Å². The zero-order chi connectivity index (χ0) is 27.1. The molecule has 208 valence electrons. The van der Waals surface area contributed by atoms with Gasteiger partial charge in [0.05, 0.1) is 0 Å². The first-order valence-corrected chi connectivity index (χ1v) is 14.7. The Morgan fingerprint density at radius 3 is 2.42 bits per heavy atom. The fourth-order valence-corrected chi connectivity index (χ4v) is 6.11. The minimum atomic E-state index is -1.09. The van der Waals surface area contributed by atoms with Crippen molar-refractivity contribution in [1.82, 2.24) is 20.5 Å².